The third kappa shape index (κ3) is 3.27. The molecule has 0 aliphatic carbocycles. The van der Waals surface area contributed by atoms with Crippen LogP contribution in [0.2, 0.25) is 0 Å². The van der Waals surface area contributed by atoms with Gasteiger partial charge in [-0.25, -0.2) is 4.79 Å². The number of carboxylic acids is 1. The van der Waals surface area contributed by atoms with E-state index in [2.05, 4.69) is 11.4 Å². The van der Waals surface area contributed by atoms with E-state index in [-0.39, 0.29) is 0 Å². The minimum absolute atomic E-state index is 0.508. The van der Waals surface area contributed by atoms with Gasteiger partial charge in [-0.3, -0.25) is 0 Å². The average molecular weight is 207 g/mol. The fourth-order valence-corrected chi connectivity index (χ4v) is 1.60. The molecule has 0 fully saturated rings. The molecular formula is C12H17NO2. The van der Waals surface area contributed by atoms with Gasteiger partial charge in [-0.1, -0.05) is 13.0 Å². The van der Waals surface area contributed by atoms with E-state index in [1.54, 1.807) is 0 Å². The minimum atomic E-state index is -0.809. The van der Waals surface area contributed by atoms with Crippen molar-refractivity contribution in [1.82, 2.24) is 0 Å². The molecule has 82 valence electrons. The molecular weight excluding hydrogens is 190 g/mol. The maximum absolute atomic E-state index is 10.8. The summed E-state index contributed by atoms with van der Waals surface area (Å²) in [7, 11) is 0. The van der Waals surface area contributed by atoms with Crippen molar-refractivity contribution in [2.24, 2.45) is 0 Å². The Morgan fingerprint density at radius 2 is 1.87 bits per heavy atom. The normalized spacial score (nSPS) is 12.2. The molecule has 15 heavy (non-hydrogen) atoms. The van der Waals surface area contributed by atoms with E-state index in [1.165, 1.54) is 0 Å². The standard InChI is InChI=1S/C12H17NO2/c1-4-11(12(14)15)13-10-6-8(2)5-9(3)7-10/h5-7,11,13H,4H2,1-3H3,(H,14,15)/t11-/m1/s1. The van der Waals surface area contributed by atoms with Crippen LogP contribution in [0, 0.1) is 13.8 Å². The number of nitrogens with one attached hydrogen (secondary N) is 1. The molecule has 1 atom stereocenters. The van der Waals surface area contributed by atoms with Crippen LogP contribution in [0.5, 0.6) is 0 Å². The van der Waals surface area contributed by atoms with Crippen molar-refractivity contribution in [2.75, 3.05) is 5.32 Å². The van der Waals surface area contributed by atoms with Gasteiger partial charge in [-0.2, -0.15) is 0 Å². The fourth-order valence-electron chi connectivity index (χ4n) is 1.60. The number of carboxylic acid groups (broad SMARTS) is 1. The van der Waals surface area contributed by atoms with E-state index in [1.807, 2.05) is 32.9 Å². The maximum Gasteiger partial charge on any atom is 0.326 e. The summed E-state index contributed by atoms with van der Waals surface area (Å²) in [4.78, 5) is 10.8. The van der Waals surface area contributed by atoms with Crippen LogP contribution in [-0.4, -0.2) is 17.1 Å². The third-order valence-electron chi connectivity index (χ3n) is 2.27. The quantitative estimate of drug-likeness (QED) is 0.797. The van der Waals surface area contributed by atoms with Crippen molar-refractivity contribution in [1.29, 1.82) is 0 Å². The monoisotopic (exact) mass is 207 g/mol. The predicted molar refractivity (Wildman–Crippen MR) is 61.3 cm³/mol. The van der Waals surface area contributed by atoms with Gasteiger partial charge in [0.1, 0.15) is 6.04 Å². The third-order valence-corrected chi connectivity index (χ3v) is 2.27. The Labute approximate surface area is 90.1 Å². The lowest BCUT2D eigenvalue weighted by Crippen LogP contribution is -2.28. The maximum atomic E-state index is 10.8. The first kappa shape index (κ1) is 11.6. The smallest absolute Gasteiger partial charge is 0.326 e. The van der Waals surface area contributed by atoms with Crippen LogP contribution >= 0.6 is 0 Å². The predicted octanol–water partition coefficient (Wildman–Crippen LogP) is 2.58. The van der Waals surface area contributed by atoms with Crippen molar-refractivity contribution < 1.29 is 9.90 Å². The lowest BCUT2D eigenvalue weighted by molar-refractivity contribution is -0.137. The molecule has 0 unspecified atom stereocenters. The first-order chi connectivity index (χ1) is 7.02. The highest BCUT2D eigenvalue weighted by molar-refractivity contribution is 5.77. The highest BCUT2D eigenvalue weighted by atomic mass is 16.4. The molecule has 0 aromatic heterocycles. The Morgan fingerprint density at radius 3 is 2.27 bits per heavy atom. The Morgan fingerprint density at radius 1 is 1.33 bits per heavy atom. The zero-order chi connectivity index (χ0) is 11.4. The van der Waals surface area contributed by atoms with Gasteiger partial charge in [-0.15, -0.1) is 0 Å². The van der Waals surface area contributed by atoms with Crippen molar-refractivity contribution in [3.05, 3.63) is 29.3 Å². The second-order valence-electron chi connectivity index (χ2n) is 3.82. The van der Waals surface area contributed by atoms with Gasteiger partial charge in [0.2, 0.25) is 0 Å². The molecule has 1 rings (SSSR count). The number of hydrogen-bond acceptors (Lipinski definition) is 2. The summed E-state index contributed by atoms with van der Waals surface area (Å²) >= 11 is 0. The summed E-state index contributed by atoms with van der Waals surface area (Å²) in [6.07, 6.45) is 0.572. The summed E-state index contributed by atoms with van der Waals surface area (Å²) < 4.78 is 0. The summed E-state index contributed by atoms with van der Waals surface area (Å²) in [5, 5.41) is 11.9. The molecule has 0 radical (unpaired) electrons. The molecule has 0 aliphatic rings. The number of hydrogen-bond donors (Lipinski definition) is 2. The van der Waals surface area contributed by atoms with Crippen LogP contribution in [0.25, 0.3) is 0 Å². The van der Waals surface area contributed by atoms with Crippen molar-refractivity contribution in [3.63, 3.8) is 0 Å². The summed E-state index contributed by atoms with van der Waals surface area (Å²) in [6.45, 7) is 5.86. The molecule has 0 saturated heterocycles. The number of carbonyl (C=O) groups is 1. The van der Waals surface area contributed by atoms with E-state index in [0.29, 0.717) is 6.42 Å². The topological polar surface area (TPSA) is 49.3 Å². The van der Waals surface area contributed by atoms with Crippen LogP contribution < -0.4 is 5.32 Å². The first-order valence-electron chi connectivity index (χ1n) is 5.10. The Hall–Kier alpha value is -1.51. The second kappa shape index (κ2) is 4.82. The number of rotatable bonds is 4. The van der Waals surface area contributed by atoms with E-state index in [0.717, 1.165) is 16.8 Å². The molecule has 0 heterocycles. The summed E-state index contributed by atoms with van der Waals surface area (Å²) in [6, 6.07) is 5.47. The van der Waals surface area contributed by atoms with Gasteiger partial charge >= 0.3 is 5.97 Å². The first-order valence-corrected chi connectivity index (χ1v) is 5.10. The van der Waals surface area contributed by atoms with Crippen LogP contribution in [0.4, 0.5) is 5.69 Å². The van der Waals surface area contributed by atoms with Crippen molar-refractivity contribution in [3.8, 4) is 0 Å². The van der Waals surface area contributed by atoms with E-state index < -0.39 is 12.0 Å². The highest BCUT2D eigenvalue weighted by Gasteiger charge is 2.14. The molecule has 0 bridgehead atoms. The van der Waals surface area contributed by atoms with Crippen LogP contribution in [0.3, 0.4) is 0 Å². The molecule has 0 spiro atoms. The lowest BCUT2D eigenvalue weighted by Gasteiger charge is -2.14. The largest absolute Gasteiger partial charge is 0.480 e. The van der Waals surface area contributed by atoms with Crippen LogP contribution in [0.1, 0.15) is 24.5 Å². The average Bonchev–Trinajstić information content (AvgIpc) is 2.12. The van der Waals surface area contributed by atoms with Gasteiger partial charge < -0.3 is 10.4 Å². The van der Waals surface area contributed by atoms with Crippen molar-refractivity contribution in [2.45, 2.75) is 33.2 Å². The molecule has 3 heteroatoms. The Balaban J connectivity index is 2.83. The zero-order valence-electron chi connectivity index (χ0n) is 9.37. The number of aliphatic carboxylic acids is 1. The van der Waals surface area contributed by atoms with E-state index in [4.69, 9.17) is 5.11 Å². The summed E-state index contributed by atoms with van der Waals surface area (Å²) in [5.41, 5.74) is 3.15. The van der Waals surface area contributed by atoms with E-state index >= 15 is 0 Å². The Bertz CT molecular complexity index is 340. The number of benzene rings is 1. The molecule has 3 nitrogen and oxygen atoms in total. The highest BCUT2D eigenvalue weighted by Crippen LogP contribution is 2.15. The van der Waals surface area contributed by atoms with Gasteiger partial charge in [0, 0.05) is 5.69 Å². The molecule has 2 N–H and O–H groups in total. The van der Waals surface area contributed by atoms with Gasteiger partial charge in [-0.05, 0) is 43.5 Å². The van der Waals surface area contributed by atoms with Gasteiger partial charge in [0.25, 0.3) is 0 Å². The lowest BCUT2D eigenvalue weighted by atomic mass is 10.1. The summed E-state index contributed by atoms with van der Waals surface area (Å²) in [5.74, 6) is -0.809. The van der Waals surface area contributed by atoms with Gasteiger partial charge in [0.05, 0.1) is 0 Å². The van der Waals surface area contributed by atoms with Crippen molar-refractivity contribution >= 4 is 11.7 Å². The molecule has 0 saturated carbocycles. The van der Waals surface area contributed by atoms with Crippen LogP contribution in [-0.2, 0) is 4.79 Å². The molecule has 1 aromatic carbocycles. The second-order valence-corrected chi connectivity index (χ2v) is 3.82. The number of aryl methyl sites for hydroxylation is 2. The SMILES string of the molecule is CC[C@@H](Nc1cc(C)cc(C)c1)C(=O)O. The fraction of sp³-hybridized carbons (Fsp3) is 0.417. The molecule has 1 aromatic rings. The zero-order valence-corrected chi connectivity index (χ0v) is 9.37. The van der Waals surface area contributed by atoms with E-state index in [9.17, 15) is 4.79 Å². The molecule has 0 amide bonds. The Kier molecular flexibility index (Phi) is 3.72. The van der Waals surface area contributed by atoms with Crippen LogP contribution in [0.15, 0.2) is 18.2 Å². The number of anilines is 1. The van der Waals surface area contributed by atoms with Gasteiger partial charge in [0.15, 0.2) is 0 Å². The minimum Gasteiger partial charge on any atom is -0.480 e. The molecule has 0 aliphatic heterocycles.